The highest BCUT2D eigenvalue weighted by Gasteiger charge is 2.33. The van der Waals surface area contributed by atoms with Crippen molar-refractivity contribution in [3.05, 3.63) is 29.5 Å². The van der Waals surface area contributed by atoms with Gasteiger partial charge in [-0.15, -0.1) is 0 Å². The quantitative estimate of drug-likeness (QED) is 0.675. The van der Waals surface area contributed by atoms with Crippen molar-refractivity contribution < 1.29 is 13.2 Å². The number of imidazole rings is 1. The summed E-state index contributed by atoms with van der Waals surface area (Å²) in [6.07, 6.45) is -1.94. The summed E-state index contributed by atoms with van der Waals surface area (Å²) in [4.78, 5) is 7.45. The van der Waals surface area contributed by atoms with Crippen molar-refractivity contribution in [3.63, 3.8) is 0 Å². The van der Waals surface area contributed by atoms with Crippen molar-refractivity contribution in [2.45, 2.75) is 20.0 Å². The van der Waals surface area contributed by atoms with E-state index in [1.807, 2.05) is 0 Å². The Morgan fingerprint density at radius 3 is 2.53 bits per heavy atom. The van der Waals surface area contributed by atoms with E-state index < -0.39 is 11.9 Å². The Morgan fingerprint density at radius 2 is 1.93 bits per heavy atom. The molecule has 2 heterocycles. The third-order valence-corrected chi connectivity index (χ3v) is 2.14. The van der Waals surface area contributed by atoms with Crippen LogP contribution in [0.5, 0.6) is 0 Å². The molecule has 0 aliphatic heterocycles. The number of hydrogen-bond donors (Lipinski definition) is 0. The summed E-state index contributed by atoms with van der Waals surface area (Å²) < 4.78 is 38.7. The van der Waals surface area contributed by atoms with Crippen LogP contribution < -0.4 is 0 Å². The fourth-order valence-corrected chi connectivity index (χ4v) is 1.40. The third kappa shape index (κ3) is 1.55. The zero-order valence-corrected chi connectivity index (χ0v) is 8.13. The van der Waals surface area contributed by atoms with Crippen LogP contribution in [0.1, 0.15) is 17.1 Å². The topological polar surface area (TPSA) is 30.2 Å². The number of rotatable bonds is 0. The molecule has 0 amide bonds. The summed E-state index contributed by atoms with van der Waals surface area (Å²) in [6, 6.07) is 0. The summed E-state index contributed by atoms with van der Waals surface area (Å²) in [6.45, 7) is 3.20. The van der Waals surface area contributed by atoms with Gasteiger partial charge >= 0.3 is 6.18 Å². The molecule has 0 saturated carbocycles. The first-order valence-electron chi connectivity index (χ1n) is 4.28. The Bertz CT molecular complexity index is 513. The number of fused-ring (bicyclic) bond motifs is 1. The van der Waals surface area contributed by atoms with E-state index in [0.29, 0.717) is 11.3 Å². The summed E-state index contributed by atoms with van der Waals surface area (Å²) in [7, 11) is 0. The van der Waals surface area contributed by atoms with Gasteiger partial charge in [-0.3, -0.25) is 0 Å². The highest BCUT2D eigenvalue weighted by Crippen LogP contribution is 2.28. The number of aromatic nitrogens is 3. The van der Waals surface area contributed by atoms with E-state index in [1.165, 1.54) is 17.5 Å². The normalized spacial score (nSPS) is 12.3. The molecule has 15 heavy (non-hydrogen) atoms. The second kappa shape index (κ2) is 2.95. The van der Waals surface area contributed by atoms with Gasteiger partial charge in [0.15, 0.2) is 11.3 Å². The van der Waals surface area contributed by atoms with Crippen LogP contribution in [0.4, 0.5) is 13.2 Å². The van der Waals surface area contributed by atoms with Gasteiger partial charge in [-0.25, -0.2) is 9.97 Å². The van der Waals surface area contributed by atoms with Crippen molar-refractivity contribution in [2.24, 2.45) is 0 Å². The molecule has 80 valence electrons. The molecule has 2 aromatic rings. The maximum absolute atomic E-state index is 12.4. The van der Waals surface area contributed by atoms with Crippen molar-refractivity contribution in [1.82, 2.24) is 14.4 Å². The van der Waals surface area contributed by atoms with Gasteiger partial charge in [0.05, 0.1) is 5.69 Å². The van der Waals surface area contributed by atoms with Crippen LogP contribution in [0.3, 0.4) is 0 Å². The molecule has 3 nitrogen and oxygen atoms in total. The lowest BCUT2D eigenvalue weighted by atomic mass is 10.4. The zero-order valence-electron chi connectivity index (χ0n) is 8.13. The van der Waals surface area contributed by atoms with Crippen LogP contribution in [0.15, 0.2) is 12.4 Å². The monoisotopic (exact) mass is 215 g/mol. The van der Waals surface area contributed by atoms with E-state index in [-0.39, 0.29) is 5.69 Å². The summed E-state index contributed by atoms with van der Waals surface area (Å²) in [5, 5.41) is 0. The van der Waals surface area contributed by atoms with Crippen molar-refractivity contribution in [3.8, 4) is 0 Å². The third-order valence-electron chi connectivity index (χ3n) is 2.14. The molecule has 0 unspecified atom stereocenters. The number of nitrogens with zero attached hydrogens (tertiary/aromatic N) is 3. The molecule has 6 heteroatoms. The van der Waals surface area contributed by atoms with Gasteiger partial charge in [-0.05, 0) is 13.8 Å². The molecular formula is C9H8F3N3. The molecule has 2 aromatic heterocycles. The maximum atomic E-state index is 12.4. The molecule has 0 radical (unpaired) electrons. The molecule has 2 rings (SSSR count). The minimum absolute atomic E-state index is 0.276. The van der Waals surface area contributed by atoms with Gasteiger partial charge in [0.1, 0.15) is 0 Å². The van der Waals surface area contributed by atoms with E-state index in [4.69, 9.17) is 0 Å². The fourth-order valence-electron chi connectivity index (χ4n) is 1.40. The Kier molecular flexibility index (Phi) is 1.95. The second-order valence-corrected chi connectivity index (χ2v) is 3.30. The Morgan fingerprint density at radius 1 is 1.27 bits per heavy atom. The maximum Gasteiger partial charge on any atom is 0.434 e. The Balaban J connectivity index is 2.76. The molecule has 0 saturated heterocycles. The van der Waals surface area contributed by atoms with Crippen molar-refractivity contribution in [2.75, 3.05) is 0 Å². The SMILES string of the molecule is Cc1nc(C(F)(F)F)cn2c(C)cnc12. The van der Waals surface area contributed by atoms with E-state index in [2.05, 4.69) is 9.97 Å². The Labute approximate surface area is 83.6 Å². The predicted molar refractivity (Wildman–Crippen MR) is 47.5 cm³/mol. The zero-order chi connectivity index (χ0) is 11.2. The average Bonchev–Trinajstić information content (AvgIpc) is 2.47. The lowest BCUT2D eigenvalue weighted by Gasteiger charge is -2.08. The van der Waals surface area contributed by atoms with Crippen LogP contribution in [0.2, 0.25) is 0 Å². The number of aryl methyl sites for hydroxylation is 2. The van der Waals surface area contributed by atoms with Gasteiger partial charge < -0.3 is 4.40 Å². The van der Waals surface area contributed by atoms with Crippen LogP contribution in [-0.2, 0) is 6.18 Å². The number of hydrogen-bond acceptors (Lipinski definition) is 2. The predicted octanol–water partition coefficient (Wildman–Crippen LogP) is 2.36. The number of halogens is 3. The molecule has 0 fully saturated rings. The van der Waals surface area contributed by atoms with Crippen molar-refractivity contribution in [1.29, 1.82) is 0 Å². The lowest BCUT2D eigenvalue weighted by Crippen LogP contribution is -2.11. The van der Waals surface area contributed by atoms with E-state index in [9.17, 15) is 13.2 Å². The van der Waals surface area contributed by atoms with Gasteiger partial charge in [0, 0.05) is 18.1 Å². The molecular weight excluding hydrogens is 207 g/mol. The molecule has 0 aliphatic carbocycles. The van der Waals surface area contributed by atoms with E-state index in [0.717, 1.165) is 6.20 Å². The molecule has 0 bridgehead atoms. The smallest absolute Gasteiger partial charge is 0.301 e. The van der Waals surface area contributed by atoms with Crippen LogP contribution in [0.25, 0.3) is 5.65 Å². The molecule has 0 aliphatic rings. The molecule has 0 N–H and O–H groups in total. The highest BCUT2D eigenvalue weighted by molar-refractivity contribution is 5.45. The average molecular weight is 215 g/mol. The second-order valence-electron chi connectivity index (χ2n) is 3.30. The van der Waals surface area contributed by atoms with Crippen LogP contribution >= 0.6 is 0 Å². The molecule has 0 spiro atoms. The van der Waals surface area contributed by atoms with Crippen molar-refractivity contribution >= 4 is 5.65 Å². The molecule has 0 atom stereocenters. The van der Waals surface area contributed by atoms with Gasteiger partial charge in [0.25, 0.3) is 0 Å². The van der Waals surface area contributed by atoms with Gasteiger partial charge in [0.2, 0.25) is 0 Å². The number of alkyl halides is 3. The minimum Gasteiger partial charge on any atom is -0.301 e. The summed E-state index contributed by atoms with van der Waals surface area (Å²) >= 11 is 0. The first kappa shape index (κ1) is 9.95. The summed E-state index contributed by atoms with van der Waals surface area (Å²) in [5.74, 6) is 0. The first-order valence-corrected chi connectivity index (χ1v) is 4.28. The van der Waals surface area contributed by atoms with Gasteiger partial charge in [-0.2, -0.15) is 13.2 Å². The van der Waals surface area contributed by atoms with Crippen LogP contribution in [-0.4, -0.2) is 14.4 Å². The largest absolute Gasteiger partial charge is 0.434 e. The minimum atomic E-state index is -4.42. The summed E-state index contributed by atoms with van der Waals surface area (Å²) in [5.41, 5.74) is 0.494. The van der Waals surface area contributed by atoms with E-state index >= 15 is 0 Å². The standard InChI is InChI=1S/C9H8F3N3/c1-5-3-13-8-6(2)14-7(4-15(5)8)9(10,11)12/h3-4H,1-2H3. The van der Waals surface area contributed by atoms with Crippen LogP contribution in [0, 0.1) is 13.8 Å². The highest BCUT2D eigenvalue weighted by atomic mass is 19.4. The molecule has 0 aromatic carbocycles. The fraction of sp³-hybridized carbons (Fsp3) is 0.333. The lowest BCUT2D eigenvalue weighted by molar-refractivity contribution is -0.141. The van der Waals surface area contributed by atoms with Gasteiger partial charge in [-0.1, -0.05) is 0 Å². The first-order chi connectivity index (χ1) is 6.89. The van der Waals surface area contributed by atoms with E-state index in [1.54, 1.807) is 6.92 Å². The Hall–Kier alpha value is -1.59.